The highest BCUT2D eigenvalue weighted by Gasteiger charge is 2.41. The second-order valence-electron chi connectivity index (χ2n) is 6.60. The molecule has 2 aromatic rings. The van der Waals surface area contributed by atoms with Crippen molar-refractivity contribution in [2.45, 2.75) is 31.8 Å². The molecule has 2 fully saturated rings. The van der Waals surface area contributed by atoms with E-state index in [1.165, 1.54) is 0 Å². The lowest BCUT2D eigenvalue weighted by molar-refractivity contribution is -0.129. The van der Waals surface area contributed by atoms with E-state index in [4.69, 9.17) is 11.6 Å². The van der Waals surface area contributed by atoms with E-state index in [0.717, 1.165) is 29.4 Å². The Morgan fingerprint density at radius 2 is 2.21 bits per heavy atom. The van der Waals surface area contributed by atoms with Gasteiger partial charge in [-0.3, -0.25) is 14.3 Å². The Labute approximate surface area is 144 Å². The number of carbonyl (C=O) groups excluding carboxylic acids is 2. The Kier molecular flexibility index (Phi) is 3.72. The van der Waals surface area contributed by atoms with Crippen LogP contribution in [0.3, 0.4) is 0 Å². The van der Waals surface area contributed by atoms with Crippen LogP contribution >= 0.6 is 11.6 Å². The van der Waals surface area contributed by atoms with E-state index in [-0.39, 0.29) is 17.7 Å². The first-order valence-electron chi connectivity index (χ1n) is 8.22. The van der Waals surface area contributed by atoms with Crippen LogP contribution in [-0.2, 0) is 23.2 Å². The van der Waals surface area contributed by atoms with Crippen LogP contribution in [0.15, 0.2) is 18.2 Å². The fourth-order valence-electron chi connectivity index (χ4n) is 3.44. The van der Waals surface area contributed by atoms with Crippen LogP contribution in [0.2, 0.25) is 5.02 Å². The average Bonchev–Trinajstić information content (AvgIpc) is 3.25. The van der Waals surface area contributed by atoms with Crippen LogP contribution in [0.5, 0.6) is 0 Å². The van der Waals surface area contributed by atoms with Crippen molar-refractivity contribution in [2.24, 2.45) is 13.0 Å². The summed E-state index contributed by atoms with van der Waals surface area (Å²) in [5, 5.41) is 8.87. The van der Waals surface area contributed by atoms with Crippen molar-refractivity contribution in [3.63, 3.8) is 0 Å². The van der Waals surface area contributed by atoms with Gasteiger partial charge in [-0.2, -0.15) is 5.10 Å². The molecule has 2 heterocycles. The molecular formula is C17H19ClN4O2. The zero-order chi connectivity index (χ0) is 16.8. The second kappa shape index (κ2) is 5.77. The molecule has 0 bridgehead atoms. The van der Waals surface area contributed by atoms with Gasteiger partial charge < -0.3 is 10.2 Å². The highest BCUT2D eigenvalue weighted by molar-refractivity contribution is 6.35. The largest absolute Gasteiger partial charge is 0.350 e. The summed E-state index contributed by atoms with van der Waals surface area (Å²) in [5.74, 6) is -0.245. The maximum absolute atomic E-state index is 12.4. The normalized spacial score (nSPS) is 20.8. The summed E-state index contributed by atoms with van der Waals surface area (Å²) in [5.41, 5.74) is 1.68. The molecule has 126 valence electrons. The van der Waals surface area contributed by atoms with Gasteiger partial charge in [-0.05, 0) is 25.0 Å². The van der Waals surface area contributed by atoms with Gasteiger partial charge in [-0.1, -0.05) is 17.7 Å². The van der Waals surface area contributed by atoms with Gasteiger partial charge in [0.05, 0.1) is 28.7 Å². The van der Waals surface area contributed by atoms with Gasteiger partial charge in [0, 0.05) is 31.4 Å². The molecule has 0 spiro atoms. The Balaban J connectivity index is 1.45. The number of hydrogen-bond acceptors (Lipinski definition) is 3. The van der Waals surface area contributed by atoms with E-state index in [0.29, 0.717) is 30.6 Å². The van der Waals surface area contributed by atoms with Crippen molar-refractivity contribution >= 4 is 34.3 Å². The Morgan fingerprint density at radius 1 is 1.42 bits per heavy atom. The van der Waals surface area contributed by atoms with Crippen LogP contribution < -0.4 is 5.32 Å². The van der Waals surface area contributed by atoms with Crippen molar-refractivity contribution < 1.29 is 9.59 Å². The molecule has 2 aliphatic rings. The zero-order valence-electron chi connectivity index (χ0n) is 13.5. The number of amides is 2. The minimum atomic E-state index is -0.261. The number of likely N-dealkylation sites (tertiary alicyclic amines) is 1. The minimum absolute atomic E-state index is 0.0858. The summed E-state index contributed by atoms with van der Waals surface area (Å²) in [6.07, 6.45) is 2.45. The number of aryl methyl sites for hydroxylation is 1. The maximum atomic E-state index is 12.4. The van der Waals surface area contributed by atoms with Crippen molar-refractivity contribution in [3.8, 4) is 0 Å². The SMILES string of the molecule is Cn1nc(CNC(=O)[C@H]2CC(=O)N(C3CC3)C2)c2c(Cl)cccc21. The number of nitrogens with one attached hydrogen (secondary N) is 1. The quantitative estimate of drug-likeness (QED) is 0.918. The Morgan fingerprint density at radius 3 is 2.96 bits per heavy atom. The van der Waals surface area contributed by atoms with E-state index >= 15 is 0 Å². The highest BCUT2D eigenvalue weighted by atomic mass is 35.5. The molecule has 1 aromatic carbocycles. The van der Waals surface area contributed by atoms with E-state index in [1.54, 1.807) is 4.68 Å². The third-order valence-corrected chi connectivity index (χ3v) is 5.16. The molecule has 1 aromatic heterocycles. The summed E-state index contributed by atoms with van der Waals surface area (Å²) in [6, 6.07) is 6.02. The molecule has 1 aliphatic carbocycles. The molecule has 1 saturated heterocycles. The first-order valence-corrected chi connectivity index (χ1v) is 8.59. The predicted octanol–water partition coefficient (Wildman–Crippen LogP) is 1.85. The monoisotopic (exact) mass is 346 g/mol. The van der Waals surface area contributed by atoms with Crippen LogP contribution in [0.4, 0.5) is 0 Å². The first kappa shape index (κ1) is 15.4. The molecular weight excluding hydrogens is 328 g/mol. The Hall–Kier alpha value is -2.08. The number of halogens is 1. The smallest absolute Gasteiger partial charge is 0.225 e. The number of aromatic nitrogens is 2. The fourth-order valence-corrected chi connectivity index (χ4v) is 3.72. The summed E-state index contributed by atoms with van der Waals surface area (Å²) in [6.45, 7) is 0.854. The molecule has 6 nitrogen and oxygen atoms in total. The van der Waals surface area contributed by atoms with Crippen LogP contribution in [0, 0.1) is 5.92 Å². The summed E-state index contributed by atoms with van der Waals surface area (Å²) in [7, 11) is 1.85. The van der Waals surface area contributed by atoms with E-state index < -0.39 is 0 Å². The molecule has 1 saturated carbocycles. The van der Waals surface area contributed by atoms with Gasteiger partial charge in [-0.25, -0.2) is 0 Å². The van der Waals surface area contributed by atoms with Crippen LogP contribution in [-0.4, -0.2) is 39.1 Å². The predicted molar refractivity (Wildman–Crippen MR) is 90.4 cm³/mol. The second-order valence-corrected chi connectivity index (χ2v) is 7.01. The van der Waals surface area contributed by atoms with Crippen molar-refractivity contribution in [2.75, 3.05) is 6.54 Å². The third-order valence-electron chi connectivity index (χ3n) is 4.85. The van der Waals surface area contributed by atoms with Crippen molar-refractivity contribution in [1.82, 2.24) is 20.0 Å². The topological polar surface area (TPSA) is 67.2 Å². The lowest BCUT2D eigenvalue weighted by atomic mass is 10.1. The van der Waals surface area contributed by atoms with Crippen LogP contribution in [0.1, 0.15) is 25.0 Å². The number of benzene rings is 1. The third kappa shape index (κ3) is 2.65. The lowest BCUT2D eigenvalue weighted by Gasteiger charge is -2.15. The zero-order valence-corrected chi connectivity index (χ0v) is 14.2. The van der Waals surface area contributed by atoms with Gasteiger partial charge in [-0.15, -0.1) is 0 Å². The van der Waals surface area contributed by atoms with Crippen molar-refractivity contribution in [3.05, 3.63) is 28.9 Å². The number of rotatable bonds is 4. The summed E-state index contributed by atoms with van der Waals surface area (Å²) in [4.78, 5) is 26.3. The number of hydrogen-bond donors (Lipinski definition) is 1. The van der Waals surface area contributed by atoms with Crippen LogP contribution in [0.25, 0.3) is 10.9 Å². The molecule has 0 radical (unpaired) electrons. The van der Waals surface area contributed by atoms with E-state index in [2.05, 4.69) is 10.4 Å². The molecule has 24 heavy (non-hydrogen) atoms. The Bertz CT molecular complexity index is 827. The average molecular weight is 347 g/mol. The lowest BCUT2D eigenvalue weighted by Crippen LogP contribution is -2.33. The molecule has 0 unspecified atom stereocenters. The summed E-state index contributed by atoms with van der Waals surface area (Å²) < 4.78 is 1.76. The molecule has 4 rings (SSSR count). The van der Waals surface area contributed by atoms with Crippen molar-refractivity contribution in [1.29, 1.82) is 0 Å². The molecule has 1 aliphatic heterocycles. The van der Waals surface area contributed by atoms with Gasteiger partial charge >= 0.3 is 0 Å². The maximum Gasteiger partial charge on any atom is 0.225 e. The fraction of sp³-hybridized carbons (Fsp3) is 0.471. The van der Waals surface area contributed by atoms with Gasteiger partial charge in [0.15, 0.2) is 0 Å². The van der Waals surface area contributed by atoms with E-state index in [9.17, 15) is 9.59 Å². The summed E-state index contributed by atoms with van der Waals surface area (Å²) >= 11 is 6.28. The van der Waals surface area contributed by atoms with E-state index in [1.807, 2.05) is 30.1 Å². The standard InChI is InChI=1S/C17H19ClN4O2/c1-21-14-4-2-3-12(18)16(14)13(20-21)8-19-17(24)10-7-15(23)22(9-10)11-5-6-11/h2-4,10-11H,5-9H2,1H3,(H,19,24)/t10-/m0/s1. The molecule has 2 amide bonds. The van der Waals surface area contributed by atoms with Gasteiger partial charge in [0.25, 0.3) is 0 Å². The molecule has 1 N–H and O–H groups in total. The minimum Gasteiger partial charge on any atom is -0.350 e. The number of nitrogens with zero attached hydrogens (tertiary/aromatic N) is 3. The number of fused-ring (bicyclic) bond motifs is 1. The van der Waals surface area contributed by atoms with Gasteiger partial charge in [0.1, 0.15) is 0 Å². The first-order chi connectivity index (χ1) is 11.5. The van der Waals surface area contributed by atoms with Gasteiger partial charge in [0.2, 0.25) is 11.8 Å². The molecule has 7 heteroatoms. The molecule has 1 atom stereocenters. The highest BCUT2D eigenvalue weighted by Crippen LogP contribution is 2.32. The number of carbonyl (C=O) groups is 2.